The van der Waals surface area contributed by atoms with Crippen LogP contribution in [-0.2, 0) is 6.61 Å². The second-order valence-corrected chi connectivity index (χ2v) is 7.21. The molecule has 0 radical (unpaired) electrons. The Morgan fingerprint density at radius 2 is 2.03 bits per heavy atom. The third kappa shape index (κ3) is 4.56. The number of phenols is 1. The van der Waals surface area contributed by atoms with E-state index in [1.165, 1.54) is 13.2 Å². The number of hydrogen-bond donors (Lipinski definition) is 2. The first kappa shape index (κ1) is 21.6. The monoisotopic (exact) mass is 409 g/mol. The summed E-state index contributed by atoms with van der Waals surface area (Å²) in [5.41, 5.74) is 2.86. The van der Waals surface area contributed by atoms with Crippen LogP contribution in [0.5, 0.6) is 17.2 Å². The summed E-state index contributed by atoms with van der Waals surface area (Å²) in [6.07, 6.45) is 5.80. The van der Waals surface area contributed by atoms with Gasteiger partial charge in [-0.15, -0.1) is 0 Å². The maximum Gasteiger partial charge on any atom is 0.193 e. The second-order valence-electron chi connectivity index (χ2n) is 7.21. The Balaban J connectivity index is 2.03. The Hall–Kier alpha value is -3.09. The molecule has 2 N–H and O–H groups in total. The SMILES string of the molecule is COc1cccc(C=CC(=O)c2c(OC)cc(CO)c(C3=CCN(C)CC3)c2O)c1. The highest BCUT2D eigenvalue weighted by molar-refractivity contribution is 6.11. The third-order valence-corrected chi connectivity index (χ3v) is 5.24. The van der Waals surface area contributed by atoms with Gasteiger partial charge in [-0.1, -0.05) is 24.3 Å². The van der Waals surface area contributed by atoms with E-state index < -0.39 is 0 Å². The molecule has 0 saturated heterocycles. The minimum absolute atomic E-state index is 0.0867. The number of aromatic hydroxyl groups is 1. The first-order chi connectivity index (χ1) is 14.5. The molecule has 1 aliphatic rings. The van der Waals surface area contributed by atoms with Crippen LogP contribution in [0.3, 0.4) is 0 Å². The number of hydrogen-bond acceptors (Lipinski definition) is 6. The van der Waals surface area contributed by atoms with Gasteiger partial charge in [-0.05, 0) is 54.4 Å². The van der Waals surface area contributed by atoms with Gasteiger partial charge in [-0.3, -0.25) is 4.79 Å². The minimum atomic E-state index is -0.383. The third-order valence-electron chi connectivity index (χ3n) is 5.24. The summed E-state index contributed by atoms with van der Waals surface area (Å²) in [6, 6.07) is 8.95. The van der Waals surface area contributed by atoms with E-state index in [4.69, 9.17) is 9.47 Å². The molecular weight excluding hydrogens is 382 g/mol. The molecule has 1 heterocycles. The number of methoxy groups -OCH3 is 2. The van der Waals surface area contributed by atoms with Gasteiger partial charge in [0.1, 0.15) is 22.8 Å². The van der Waals surface area contributed by atoms with E-state index in [-0.39, 0.29) is 29.5 Å². The van der Waals surface area contributed by atoms with Crippen LogP contribution in [0.25, 0.3) is 11.6 Å². The Bertz CT molecular complexity index is 993. The number of ketones is 1. The molecule has 158 valence electrons. The fourth-order valence-electron chi connectivity index (χ4n) is 3.58. The van der Waals surface area contributed by atoms with Crippen molar-refractivity contribution in [2.45, 2.75) is 13.0 Å². The highest BCUT2D eigenvalue weighted by Gasteiger charge is 2.25. The highest BCUT2D eigenvalue weighted by atomic mass is 16.5. The predicted molar refractivity (Wildman–Crippen MR) is 117 cm³/mol. The molecule has 30 heavy (non-hydrogen) atoms. The van der Waals surface area contributed by atoms with Crippen molar-refractivity contribution in [1.29, 1.82) is 0 Å². The number of nitrogens with zero attached hydrogens (tertiary/aromatic N) is 1. The topological polar surface area (TPSA) is 79.2 Å². The number of aliphatic hydroxyl groups excluding tert-OH is 1. The maximum atomic E-state index is 13.0. The van der Waals surface area contributed by atoms with E-state index in [1.54, 1.807) is 19.3 Å². The van der Waals surface area contributed by atoms with Crippen molar-refractivity contribution in [2.75, 3.05) is 34.4 Å². The van der Waals surface area contributed by atoms with E-state index >= 15 is 0 Å². The summed E-state index contributed by atoms with van der Waals surface area (Å²) in [5.74, 6) is 0.379. The average Bonchev–Trinajstić information content (AvgIpc) is 2.77. The standard InChI is InChI=1S/C24H27NO5/c1-25-11-9-17(10-12-25)22-18(15-26)14-21(30-3)23(24(22)28)20(27)8-7-16-5-4-6-19(13-16)29-2/h4-9,13-14,26,28H,10-12,15H2,1-3H3. The van der Waals surface area contributed by atoms with Gasteiger partial charge in [-0.25, -0.2) is 0 Å². The van der Waals surface area contributed by atoms with Crippen LogP contribution in [0.1, 0.15) is 33.5 Å². The summed E-state index contributed by atoms with van der Waals surface area (Å²) >= 11 is 0. The van der Waals surface area contributed by atoms with E-state index in [1.807, 2.05) is 37.4 Å². The number of carbonyl (C=O) groups is 1. The lowest BCUT2D eigenvalue weighted by atomic mass is 9.90. The molecule has 0 fully saturated rings. The zero-order valence-corrected chi connectivity index (χ0v) is 17.5. The van der Waals surface area contributed by atoms with Crippen LogP contribution in [0.4, 0.5) is 0 Å². The largest absolute Gasteiger partial charge is 0.506 e. The molecule has 0 unspecified atom stereocenters. The van der Waals surface area contributed by atoms with Gasteiger partial charge in [0.2, 0.25) is 0 Å². The number of likely N-dealkylation sites (N-methyl/N-ethyl adjacent to an activating group) is 1. The fourth-order valence-corrected chi connectivity index (χ4v) is 3.58. The van der Waals surface area contributed by atoms with Crippen LogP contribution in [0.15, 0.2) is 42.5 Å². The van der Waals surface area contributed by atoms with Crippen LogP contribution < -0.4 is 9.47 Å². The molecule has 2 aromatic rings. The first-order valence-electron chi connectivity index (χ1n) is 9.76. The Kier molecular flexibility index (Phi) is 6.92. The molecule has 0 amide bonds. The molecule has 1 aliphatic heterocycles. The zero-order chi connectivity index (χ0) is 21.7. The Morgan fingerprint density at radius 1 is 1.23 bits per heavy atom. The van der Waals surface area contributed by atoms with E-state index in [0.717, 1.165) is 30.6 Å². The second kappa shape index (κ2) is 9.61. The van der Waals surface area contributed by atoms with Crippen LogP contribution in [0, 0.1) is 0 Å². The quantitative estimate of drug-likeness (QED) is 0.538. The van der Waals surface area contributed by atoms with Crippen molar-refractivity contribution in [3.05, 3.63) is 64.7 Å². The van der Waals surface area contributed by atoms with Crippen molar-refractivity contribution >= 4 is 17.4 Å². The molecule has 0 aromatic heterocycles. The molecule has 6 heteroatoms. The number of rotatable bonds is 7. The van der Waals surface area contributed by atoms with Gasteiger partial charge < -0.3 is 24.6 Å². The molecule has 0 aliphatic carbocycles. The number of benzene rings is 2. The predicted octanol–water partition coefficient (Wildman–Crippen LogP) is 3.52. The van der Waals surface area contributed by atoms with E-state index in [2.05, 4.69) is 4.90 Å². The normalized spacial score (nSPS) is 14.6. The molecule has 0 bridgehead atoms. The molecule has 3 rings (SSSR count). The van der Waals surface area contributed by atoms with Crippen molar-refractivity contribution < 1.29 is 24.5 Å². The van der Waals surface area contributed by atoms with E-state index in [0.29, 0.717) is 16.9 Å². The highest BCUT2D eigenvalue weighted by Crippen LogP contribution is 2.40. The van der Waals surface area contributed by atoms with Crippen molar-refractivity contribution in [2.24, 2.45) is 0 Å². The van der Waals surface area contributed by atoms with Crippen molar-refractivity contribution in [1.82, 2.24) is 4.90 Å². The average molecular weight is 409 g/mol. The van der Waals surface area contributed by atoms with Crippen LogP contribution in [-0.4, -0.2) is 55.3 Å². The lowest BCUT2D eigenvalue weighted by Crippen LogP contribution is -2.24. The zero-order valence-electron chi connectivity index (χ0n) is 17.5. The van der Waals surface area contributed by atoms with Crippen molar-refractivity contribution in [3.8, 4) is 17.2 Å². The summed E-state index contributed by atoms with van der Waals surface area (Å²) in [6.45, 7) is 1.31. The molecular formula is C24H27NO5. The summed E-state index contributed by atoms with van der Waals surface area (Å²) in [7, 11) is 5.04. The maximum absolute atomic E-state index is 13.0. The van der Waals surface area contributed by atoms with E-state index in [9.17, 15) is 15.0 Å². The minimum Gasteiger partial charge on any atom is -0.506 e. The van der Waals surface area contributed by atoms with Crippen molar-refractivity contribution in [3.63, 3.8) is 0 Å². The Morgan fingerprint density at radius 3 is 2.67 bits per heavy atom. The number of aliphatic hydroxyl groups is 1. The summed E-state index contributed by atoms with van der Waals surface area (Å²) < 4.78 is 10.6. The lowest BCUT2D eigenvalue weighted by Gasteiger charge is -2.25. The number of phenolic OH excluding ortho intramolecular Hbond substituents is 1. The number of allylic oxidation sites excluding steroid dienone is 1. The van der Waals surface area contributed by atoms with Gasteiger partial charge >= 0.3 is 0 Å². The molecule has 0 saturated carbocycles. The van der Waals surface area contributed by atoms with Gasteiger partial charge in [0, 0.05) is 18.7 Å². The van der Waals surface area contributed by atoms with Crippen LogP contribution >= 0.6 is 0 Å². The Labute approximate surface area is 176 Å². The summed E-state index contributed by atoms with van der Waals surface area (Å²) in [4.78, 5) is 15.2. The van der Waals surface area contributed by atoms with Gasteiger partial charge in [-0.2, -0.15) is 0 Å². The number of carbonyl (C=O) groups excluding carboxylic acids is 1. The first-order valence-corrected chi connectivity index (χ1v) is 9.76. The molecule has 0 atom stereocenters. The van der Waals surface area contributed by atoms with Gasteiger partial charge in [0.25, 0.3) is 0 Å². The van der Waals surface area contributed by atoms with Gasteiger partial charge in [0.05, 0.1) is 20.8 Å². The fraction of sp³-hybridized carbons (Fsp3) is 0.292. The van der Waals surface area contributed by atoms with Gasteiger partial charge in [0.15, 0.2) is 5.78 Å². The summed E-state index contributed by atoms with van der Waals surface area (Å²) in [5, 5.41) is 20.9. The molecule has 6 nitrogen and oxygen atoms in total. The lowest BCUT2D eigenvalue weighted by molar-refractivity contribution is 0.104. The van der Waals surface area contributed by atoms with Crippen LogP contribution in [0.2, 0.25) is 0 Å². The molecule has 0 spiro atoms. The number of ether oxygens (including phenoxy) is 2. The molecule has 2 aromatic carbocycles. The smallest absolute Gasteiger partial charge is 0.193 e.